The Balaban J connectivity index is 0.000000606. The summed E-state index contributed by atoms with van der Waals surface area (Å²) in [6.07, 6.45) is 1.86. The predicted octanol–water partition coefficient (Wildman–Crippen LogP) is 4.39. The molecule has 0 atom stereocenters. The summed E-state index contributed by atoms with van der Waals surface area (Å²) in [7, 11) is 0. The fraction of sp³-hybridized carbons (Fsp3) is 0.267. The minimum absolute atomic E-state index is 1.06. The van der Waals surface area contributed by atoms with Crippen molar-refractivity contribution in [3.63, 3.8) is 0 Å². The lowest BCUT2D eigenvalue weighted by Crippen LogP contribution is -1.86. The first-order chi connectivity index (χ1) is 7.77. The van der Waals surface area contributed by atoms with Gasteiger partial charge in [-0.3, -0.25) is 4.98 Å². The molecular formula is C15H19N. The van der Waals surface area contributed by atoms with E-state index in [0.717, 1.165) is 5.69 Å². The van der Waals surface area contributed by atoms with Gasteiger partial charge in [0.1, 0.15) is 0 Å². The molecule has 0 saturated carbocycles. The number of nitrogens with zero attached hydrogens (tertiary/aromatic N) is 1. The molecule has 84 valence electrons. The van der Waals surface area contributed by atoms with E-state index >= 15 is 0 Å². The second kappa shape index (κ2) is 6.06. The molecule has 0 aliphatic rings. The number of aryl methyl sites for hydroxylation is 2. The third kappa shape index (κ3) is 2.93. The van der Waals surface area contributed by atoms with E-state index in [1.165, 1.54) is 16.7 Å². The highest BCUT2D eigenvalue weighted by Gasteiger charge is 2.01. The van der Waals surface area contributed by atoms with Crippen LogP contribution in [0.25, 0.3) is 11.3 Å². The lowest BCUT2D eigenvalue weighted by Gasteiger charge is -2.04. The van der Waals surface area contributed by atoms with Crippen LogP contribution in [0.15, 0.2) is 42.6 Å². The summed E-state index contributed by atoms with van der Waals surface area (Å²) in [4.78, 5) is 4.37. The number of pyridine rings is 1. The zero-order valence-corrected chi connectivity index (χ0v) is 10.5. The van der Waals surface area contributed by atoms with Crippen molar-refractivity contribution < 1.29 is 0 Å². The van der Waals surface area contributed by atoms with Crippen LogP contribution in [0.1, 0.15) is 25.0 Å². The molecule has 0 spiro atoms. The Labute approximate surface area is 98.2 Å². The molecule has 0 amide bonds. The number of hydrogen-bond acceptors (Lipinski definition) is 1. The molecule has 1 nitrogen and oxygen atoms in total. The summed E-state index contributed by atoms with van der Waals surface area (Å²) in [6.45, 7) is 8.20. The second-order valence-corrected chi connectivity index (χ2v) is 3.53. The van der Waals surface area contributed by atoms with Crippen LogP contribution in [0, 0.1) is 13.8 Å². The van der Waals surface area contributed by atoms with Crippen LogP contribution in [0.4, 0.5) is 0 Å². The van der Waals surface area contributed by atoms with Gasteiger partial charge in [0.15, 0.2) is 0 Å². The molecule has 0 fully saturated rings. The molecule has 0 aliphatic carbocycles. The summed E-state index contributed by atoms with van der Waals surface area (Å²) < 4.78 is 0. The van der Waals surface area contributed by atoms with E-state index in [0.29, 0.717) is 0 Å². The van der Waals surface area contributed by atoms with Gasteiger partial charge in [0.25, 0.3) is 0 Å². The molecule has 1 aromatic carbocycles. The largest absolute Gasteiger partial charge is 0.256 e. The maximum atomic E-state index is 4.37. The number of rotatable bonds is 1. The van der Waals surface area contributed by atoms with Crippen LogP contribution in [-0.2, 0) is 0 Å². The minimum atomic E-state index is 1.06. The molecule has 1 heterocycles. The molecule has 0 unspecified atom stereocenters. The minimum Gasteiger partial charge on any atom is -0.256 e. The van der Waals surface area contributed by atoms with E-state index in [-0.39, 0.29) is 0 Å². The van der Waals surface area contributed by atoms with Crippen molar-refractivity contribution in [3.8, 4) is 11.3 Å². The second-order valence-electron chi connectivity index (χ2n) is 3.53. The van der Waals surface area contributed by atoms with Gasteiger partial charge < -0.3 is 0 Å². The SMILES string of the molecule is CC.Cc1ccnc(-c2ccccc2C)c1. The monoisotopic (exact) mass is 213 g/mol. The molecule has 1 aromatic heterocycles. The zero-order valence-electron chi connectivity index (χ0n) is 10.5. The molecule has 0 radical (unpaired) electrons. The quantitative estimate of drug-likeness (QED) is 0.684. The average molecular weight is 213 g/mol. The van der Waals surface area contributed by atoms with E-state index in [1.807, 2.05) is 32.2 Å². The summed E-state index contributed by atoms with van der Waals surface area (Å²) in [5, 5.41) is 0. The van der Waals surface area contributed by atoms with Crippen LogP contribution in [0.5, 0.6) is 0 Å². The highest BCUT2D eigenvalue weighted by molar-refractivity contribution is 5.63. The number of aromatic nitrogens is 1. The Morgan fingerprint density at radius 2 is 1.62 bits per heavy atom. The Morgan fingerprint density at radius 3 is 2.25 bits per heavy atom. The average Bonchev–Trinajstić information content (AvgIpc) is 2.32. The van der Waals surface area contributed by atoms with Gasteiger partial charge in [-0.05, 0) is 37.1 Å². The number of benzene rings is 1. The normalized spacial score (nSPS) is 9.25. The van der Waals surface area contributed by atoms with Gasteiger partial charge in [0.2, 0.25) is 0 Å². The lowest BCUT2D eigenvalue weighted by atomic mass is 10.0. The standard InChI is InChI=1S/C13H13N.C2H6/c1-10-7-8-14-13(9-10)12-6-4-3-5-11(12)2;1-2/h3-9H,1-2H3;1-2H3. The molecule has 0 saturated heterocycles. The summed E-state index contributed by atoms with van der Waals surface area (Å²) in [5.74, 6) is 0. The third-order valence-corrected chi connectivity index (χ3v) is 2.34. The lowest BCUT2D eigenvalue weighted by molar-refractivity contribution is 1.27. The first-order valence-electron chi connectivity index (χ1n) is 5.76. The highest BCUT2D eigenvalue weighted by atomic mass is 14.7. The fourth-order valence-electron chi connectivity index (χ4n) is 1.54. The van der Waals surface area contributed by atoms with Crippen molar-refractivity contribution in [1.29, 1.82) is 0 Å². The van der Waals surface area contributed by atoms with Crippen molar-refractivity contribution in [2.45, 2.75) is 27.7 Å². The van der Waals surface area contributed by atoms with Gasteiger partial charge in [-0.25, -0.2) is 0 Å². The third-order valence-electron chi connectivity index (χ3n) is 2.34. The van der Waals surface area contributed by atoms with Crippen molar-refractivity contribution >= 4 is 0 Å². The van der Waals surface area contributed by atoms with E-state index in [2.05, 4.69) is 43.1 Å². The molecule has 2 aromatic rings. The highest BCUT2D eigenvalue weighted by Crippen LogP contribution is 2.21. The van der Waals surface area contributed by atoms with Gasteiger partial charge >= 0.3 is 0 Å². The van der Waals surface area contributed by atoms with Crippen LogP contribution in [0.3, 0.4) is 0 Å². The fourth-order valence-corrected chi connectivity index (χ4v) is 1.54. The van der Waals surface area contributed by atoms with Crippen molar-refractivity contribution in [2.24, 2.45) is 0 Å². The molecular weight excluding hydrogens is 194 g/mol. The topological polar surface area (TPSA) is 12.9 Å². The molecule has 0 aliphatic heterocycles. The number of hydrogen-bond donors (Lipinski definition) is 0. The Hall–Kier alpha value is -1.63. The predicted molar refractivity (Wildman–Crippen MR) is 70.5 cm³/mol. The zero-order chi connectivity index (χ0) is 12.0. The molecule has 2 rings (SSSR count). The molecule has 1 heteroatoms. The van der Waals surface area contributed by atoms with Gasteiger partial charge in [-0.15, -0.1) is 0 Å². The van der Waals surface area contributed by atoms with Gasteiger partial charge in [-0.2, -0.15) is 0 Å². The summed E-state index contributed by atoms with van der Waals surface area (Å²) >= 11 is 0. The first-order valence-corrected chi connectivity index (χ1v) is 5.76. The molecule has 0 N–H and O–H groups in total. The first kappa shape index (κ1) is 12.4. The van der Waals surface area contributed by atoms with E-state index < -0.39 is 0 Å². The summed E-state index contributed by atoms with van der Waals surface area (Å²) in [5.41, 5.74) is 4.79. The van der Waals surface area contributed by atoms with Gasteiger partial charge in [-0.1, -0.05) is 38.1 Å². The van der Waals surface area contributed by atoms with E-state index in [1.54, 1.807) is 0 Å². The van der Waals surface area contributed by atoms with Crippen LogP contribution >= 0.6 is 0 Å². The van der Waals surface area contributed by atoms with Crippen LogP contribution in [-0.4, -0.2) is 4.98 Å². The maximum Gasteiger partial charge on any atom is 0.0707 e. The Morgan fingerprint density at radius 1 is 0.938 bits per heavy atom. The van der Waals surface area contributed by atoms with Crippen LogP contribution < -0.4 is 0 Å². The Kier molecular flexibility index (Phi) is 4.71. The maximum absolute atomic E-state index is 4.37. The molecule has 0 bridgehead atoms. The van der Waals surface area contributed by atoms with Gasteiger partial charge in [0.05, 0.1) is 5.69 Å². The van der Waals surface area contributed by atoms with Crippen molar-refractivity contribution in [3.05, 3.63) is 53.7 Å². The van der Waals surface area contributed by atoms with Crippen molar-refractivity contribution in [2.75, 3.05) is 0 Å². The van der Waals surface area contributed by atoms with Crippen LogP contribution in [0.2, 0.25) is 0 Å². The van der Waals surface area contributed by atoms with E-state index in [4.69, 9.17) is 0 Å². The Bertz CT molecular complexity index is 447. The smallest absolute Gasteiger partial charge is 0.0707 e. The summed E-state index contributed by atoms with van der Waals surface area (Å²) in [6, 6.07) is 12.4. The molecule has 16 heavy (non-hydrogen) atoms. The van der Waals surface area contributed by atoms with Gasteiger partial charge in [0, 0.05) is 11.8 Å². The van der Waals surface area contributed by atoms with Crippen molar-refractivity contribution in [1.82, 2.24) is 4.98 Å². The van der Waals surface area contributed by atoms with E-state index in [9.17, 15) is 0 Å².